The number of Topliss-reactive ketones (excluding diaryl/α,β-unsaturated/α-hetero) is 1. The van der Waals surface area contributed by atoms with Crippen molar-refractivity contribution in [2.45, 2.75) is 45.6 Å². The molecule has 2 nitrogen and oxygen atoms in total. The normalized spacial score (nSPS) is 16.9. The third-order valence-electron chi connectivity index (χ3n) is 4.31. The van der Waals surface area contributed by atoms with Gasteiger partial charge in [-0.05, 0) is 43.4 Å². The molecule has 2 aromatic rings. The van der Waals surface area contributed by atoms with Crippen LogP contribution in [0.2, 0.25) is 0 Å². The van der Waals surface area contributed by atoms with E-state index in [1.54, 1.807) is 0 Å². The summed E-state index contributed by atoms with van der Waals surface area (Å²) in [6.45, 7) is 2.64. The maximum absolute atomic E-state index is 12.4. The molecular formula is C17H21NO. The fraction of sp³-hybridized carbons (Fsp3) is 0.471. The molecule has 0 unspecified atom stereocenters. The van der Waals surface area contributed by atoms with E-state index in [9.17, 15) is 4.79 Å². The van der Waals surface area contributed by atoms with Gasteiger partial charge in [-0.15, -0.1) is 0 Å². The number of aryl methyl sites for hydroxylation is 1. The second-order valence-electron chi connectivity index (χ2n) is 5.81. The molecule has 0 bridgehead atoms. The van der Waals surface area contributed by atoms with Crippen molar-refractivity contribution in [2.24, 2.45) is 5.92 Å². The lowest BCUT2D eigenvalue weighted by Gasteiger charge is -2.20. The molecule has 1 fully saturated rings. The highest BCUT2D eigenvalue weighted by molar-refractivity contribution is 5.85. The van der Waals surface area contributed by atoms with Crippen molar-refractivity contribution < 1.29 is 4.79 Å². The first-order valence-electron chi connectivity index (χ1n) is 7.32. The van der Waals surface area contributed by atoms with Crippen LogP contribution in [0.1, 0.15) is 37.7 Å². The van der Waals surface area contributed by atoms with Crippen LogP contribution in [0.15, 0.2) is 30.5 Å². The van der Waals surface area contributed by atoms with E-state index in [1.165, 1.54) is 35.7 Å². The fourth-order valence-corrected chi connectivity index (χ4v) is 3.18. The van der Waals surface area contributed by atoms with E-state index in [-0.39, 0.29) is 0 Å². The van der Waals surface area contributed by atoms with E-state index in [0.717, 1.165) is 12.8 Å². The van der Waals surface area contributed by atoms with Gasteiger partial charge in [-0.2, -0.15) is 0 Å². The van der Waals surface area contributed by atoms with Gasteiger partial charge in [0.25, 0.3) is 0 Å². The Labute approximate surface area is 114 Å². The van der Waals surface area contributed by atoms with Gasteiger partial charge in [0.05, 0.1) is 6.54 Å². The summed E-state index contributed by atoms with van der Waals surface area (Å²) in [4.78, 5) is 12.4. The monoisotopic (exact) mass is 255 g/mol. The van der Waals surface area contributed by atoms with Crippen LogP contribution in [-0.4, -0.2) is 10.4 Å². The molecule has 0 radical (unpaired) electrons. The lowest BCUT2D eigenvalue weighted by Crippen LogP contribution is -2.22. The summed E-state index contributed by atoms with van der Waals surface area (Å²) in [6, 6.07) is 8.52. The first-order chi connectivity index (χ1) is 9.24. The Hall–Kier alpha value is -1.57. The standard InChI is InChI=1S/C17H21NO/c1-13-7-8-16-15(11-13)9-10-18(16)12-17(19)14-5-3-2-4-6-14/h7-11,14H,2-6,12H2,1H3. The van der Waals surface area contributed by atoms with Crippen LogP contribution >= 0.6 is 0 Å². The lowest BCUT2D eigenvalue weighted by atomic mass is 9.86. The molecular weight excluding hydrogens is 234 g/mol. The summed E-state index contributed by atoms with van der Waals surface area (Å²) in [5.74, 6) is 0.717. The molecule has 2 heteroatoms. The summed E-state index contributed by atoms with van der Waals surface area (Å²) in [6.07, 6.45) is 7.98. The zero-order chi connectivity index (χ0) is 13.2. The third-order valence-corrected chi connectivity index (χ3v) is 4.31. The van der Waals surface area contributed by atoms with Gasteiger partial charge in [0.1, 0.15) is 0 Å². The van der Waals surface area contributed by atoms with Crippen LogP contribution in [-0.2, 0) is 11.3 Å². The minimum atomic E-state index is 0.302. The highest BCUT2D eigenvalue weighted by atomic mass is 16.1. The first kappa shape index (κ1) is 12.5. The van der Waals surface area contributed by atoms with Gasteiger partial charge in [-0.3, -0.25) is 4.79 Å². The minimum absolute atomic E-state index is 0.302. The van der Waals surface area contributed by atoms with E-state index in [1.807, 2.05) is 6.20 Å². The van der Waals surface area contributed by atoms with Crippen molar-refractivity contribution in [1.82, 2.24) is 4.57 Å². The maximum atomic E-state index is 12.4. The molecule has 0 atom stereocenters. The Morgan fingerprint density at radius 1 is 1.21 bits per heavy atom. The fourth-order valence-electron chi connectivity index (χ4n) is 3.18. The molecule has 1 heterocycles. The van der Waals surface area contributed by atoms with E-state index < -0.39 is 0 Å². The molecule has 1 saturated carbocycles. The van der Waals surface area contributed by atoms with Crippen molar-refractivity contribution in [3.63, 3.8) is 0 Å². The SMILES string of the molecule is Cc1ccc2c(ccn2CC(=O)C2CCCCC2)c1. The van der Waals surface area contributed by atoms with Crippen LogP contribution in [0.4, 0.5) is 0 Å². The molecule has 0 amide bonds. The number of nitrogens with zero attached hydrogens (tertiary/aromatic N) is 1. The van der Waals surface area contributed by atoms with Gasteiger partial charge >= 0.3 is 0 Å². The molecule has 1 aliphatic carbocycles. The predicted octanol–water partition coefficient (Wildman–Crippen LogP) is 4.10. The average Bonchev–Trinajstić information content (AvgIpc) is 2.82. The summed E-state index contributed by atoms with van der Waals surface area (Å²) < 4.78 is 2.10. The Bertz CT molecular complexity index is 590. The summed E-state index contributed by atoms with van der Waals surface area (Å²) in [5, 5.41) is 1.23. The average molecular weight is 255 g/mol. The molecule has 1 aromatic carbocycles. The highest BCUT2D eigenvalue weighted by Crippen LogP contribution is 2.25. The number of fused-ring (bicyclic) bond motifs is 1. The second-order valence-corrected chi connectivity index (χ2v) is 5.81. The molecule has 1 aliphatic rings. The van der Waals surface area contributed by atoms with Gasteiger partial charge in [0, 0.05) is 17.6 Å². The van der Waals surface area contributed by atoms with Crippen molar-refractivity contribution >= 4 is 16.7 Å². The zero-order valence-corrected chi connectivity index (χ0v) is 11.6. The zero-order valence-electron chi connectivity index (χ0n) is 11.6. The molecule has 3 rings (SSSR count). The second kappa shape index (κ2) is 5.20. The number of aromatic nitrogens is 1. The number of hydrogen-bond acceptors (Lipinski definition) is 1. The lowest BCUT2D eigenvalue weighted by molar-refractivity contribution is -0.124. The molecule has 100 valence electrons. The molecule has 19 heavy (non-hydrogen) atoms. The first-order valence-corrected chi connectivity index (χ1v) is 7.32. The van der Waals surface area contributed by atoms with Crippen molar-refractivity contribution in [3.05, 3.63) is 36.0 Å². The van der Waals surface area contributed by atoms with E-state index in [4.69, 9.17) is 0 Å². The van der Waals surface area contributed by atoms with Crippen LogP contribution in [0.25, 0.3) is 10.9 Å². The van der Waals surface area contributed by atoms with E-state index >= 15 is 0 Å². The molecule has 1 aromatic heterocycles. The quantitative estimate of drug-likeness (QED) is 0.809. The smallest absolute Gasteiger partial charge is 0.155 e. The summed E-state index contributed by atoms with van der Waals surface area (Å²) >= 11 is 0. The highest BCUT2D eigenvalue weighted by Gasteiger charge is 2.21. The Morgan fingerprint density at radius 3 is 2.79 bits per heavy atom. The number of benzene rings is 1. The molecule has 0 spiro atoms. The minimum Gasteiger partial charge on any atom is -0.340 e. The molecule has 0 N–H and O–H groups in total. The number of ketones is 1. The van der Waals surface area contributed by atoms with Gasteiger partial charge in [-0.1, -0.05) is 30.9 Å². The summed E-state index contributed by atoms with van der Waals surface area (Å²) in [5.41, 5.74) is 2.44. The summed E-state index contributed by atoms with van der Waals surface area (Å²) in [7, 11) is 0. The van der Waals surface area contributed by atoms with Gasteiger partial charge < -0.3 is 4.57 Å². The number of hydrogen-bond donors (Lipinski definition) is 0. The van der Waals surface area contributed by atoms with Crippen molar-refractivity contribution in [3.8, 4) is 0 Å². The number of carbonyl (C=O) groups excluding carboxylic acids is 1. The third kappa shape index (κ3) is 2.58. The Balaban J connectivity index is 1.79. The topological polar surface area (TPSA) is 22.0 Å². The van der Waals surface area contributed by atoms with Crippen LogP contribution < -0.4 is 0 Å². The molecule has 0 aliphatic heterocycles. The molecule has 0 saturated heterocycles. The van der Waals surface area contributed by atoms with Gasteiger partial charge in [0.15, 0.2) is 5.78 Å². The Kier molecular flexibility index (Phi) is 3.41. The maximum Gasteiger partial charge on any atom is 0.155 e. The van der Waals surface area contributed by atoms with Crippen molar-refractivity contribution in [2.75, 3.05) is 0 Å². The van der Waals surface area contributed by atoms with Gasteiger partial charge in [-0.25, -0.2) is 0 Å². The predicted molar refractivity (Wildman–Crippen MR) is 78.3 cm³/mol. The van der Waals surface area contributed by atoms with E-state index in [2.05, 4.69) is 35.8 Å². The van der Waals surface area contributed by atoms with Crippen LogP contribution in [0.3, 0.4) is 0 Å². The van der Waals surface area contributed by atoms with Crippen molar-refractivity contribution in [1.29, 1.82) is 0 Å². The van der Waals surface area contributed by atoms with Crippen LogP contribution in [0.5, 0.6) is 0 Å². The largest absolute Gasteiger partial charge is 0.340 e. The van der Waals surface area contributed by atoms with Gasteiger partial charge in [0.2, 0.25) is 0 Å². The number of carbonyl (C=O) groups is 1. The Morgan fingerprint density at radius 2 is 2.00 bits per heavy atom. The van der Waals surface area contributed by atoms with E-state index in [0.29, 0.717) is 18.2 Å². The number of rotatable bonds is 3. The van der Waals surface area contributed by atoms with Crippen LogP contribution in [0, 0.1) is 12.8 Å².